The molecule has 0 saturated heterocycles. The summed E-state index contributed by atoms with van der Waals surface area (Å²) >= 11 is 4.44. The minimum atomic E-state index is -0.0836. The lowest BCUT2D eigenvalue weighted by Gasteiger charge is -2.36. The van der Waals surface area contributed by atoms with E-state index in [4.69, 9.17) is 0 Å². The number of amides is 1. The topological polar surface area (TPSA) is 29.4 Å². The van der Waals surface area contributed by atoms with Gasteiger partial charge in [-0.1, -0.05) is 26.7 Å². The number of hydrogen-bond donors (Lipinski definition) is 0. The molecule has 1 fully saturated rings. The van der Waals surface area contributed by atoms with Gasteiger partial charge in [0.1, 0.15) is 0 Å². The Kier molecular flexibility index (Phi) is 3.34. The van der Waals surface area contributed by atoms with Gasteiger partial charge in [0, 0.05) is 5.92 Å². The molecule has 0 bridgehead atoms. The van der Waals surface area contributed by atoms with Crippen LogP contribution in [0.4, 0.5) is 0 Å². The highest BCUT2D eigenvalue weighted by molar-refractivity contribution is 7.78. The van der Waals surface area contributed by atoms with Crippen molar-refractivity contribution in [2.45, 2.75) is 39.5 Å². The van der Waals surface area contributed by atoms with E-state index in [0.717, 1.165) is 19.3 Å². The van der Waals surface area contributed by atoms with Gasteiger partial charge in [-0.3, -0.25) is 4.79 Å². The quantitative estimate of drug-likeness (QED) is 0.478. The number of carbonyl (C=O) groups excluding carboxylic acids is 1. The van der Waals surface area contributed by atoms with Crippen LogP contribution in [0, 0.1) is 11.3 Å². The van der Waals surface area contributed by atoms with Gasteiger partial charge in [-0.15, -0.1) is 0 Å². The summed E-state index contributed by atoms with van der Waals surface area (Å²) in [5.74, 6) is -0.0311. The van der Waals surface area contributed by atoms with E-state index in [1.807, 2.05) is 0 Å². The number of thiocarbonyl (C=S) groups is 1. The maximum absolute atomic E-state index is 11.5. The smallest absolute Gasteiger partial charge is 0.258 e. The second-order valence-electron chi connectivity index (χ2n) is 4.33. The Morgan fingerprint density at radius 3 is 2.77 bits per heavy atom. The van der Waals surface area contributed by atoms with Crippen LogP contribution < -0.4 is 0 Å². The van der Waals surface area contributed by atoms with Crippen LogP contribution in [0.2, 0.25) is 0 Å². The largest absolute Gasteiger partial charge is 0.272 e. The first-order valence-corrected chi connectivity index (χ1v) is 5.10. The summed E-state index contributed by atoms with van der Waals surface area (Å²) in [4.78, 5) is 15.1. The standard InChI is InChI=1S/C10H15NOS/c1-10(2)6-4-3-5-8(10)9(12)11-7-13/h8H,3-6H2,1-2H3. The van der Waals surface area contributed by atoms with Crippen molar-refractivity contribution >= 4 is 23.3 Å². The van der Waals surface area contributed by atoms with E-state index in [1.165, 1.54) is 6.42 Å². The van der Waals surface area contributed by atoms with E-state index in [1.54, 1.807) is 0 Å². The van der Waals surface area contributed by atoms with E-state index in [9.17, 15) is 4.79 Å². The van der Waals surface area contributed by atoms with Crippen LogP contribution in [-0.4, -0.2) is 11.1 Å². The molecule has 0 radical (unpaired) electrons. The molecule has 0 aliphatic heterocycles. The molecule has 1 rings (SSSR count). The molecule has 1 unspecified atom stereocenters. The molecule has 72 valence electrons. The number of isothiocyanates is 1. The predicted octanol–water partition coefficient (Wildman–Crippen LogP) is 2.83. The van der Waals surface area contributed by atoms with Gasteiger partial charge < -0.3 is 0 Å². The zero-order valence-electron chi connectivity index (χ0n) is 8.17. The van der Waals surface area contributed by atoms with Crippen molar-refractivity contribution in [3.05, 3.63) is 0 Å². The van der Waals surface area contributed by atoms with Crippen molar-refractivity contribution < 1.29 is 4.79 Å². The van der Waals surface area contributed by atoms with E-state index in [0.29, 0.717) is 0 Å². The van der Waals surface area contributed by atoms with Crippen LogP contribution >= 0.6 is 12.2 Å². The second-order valence-corrected chi connectivity index (χ2v) is 4.51. The Bertz CT molecular complexity index is 254. The number of rotatable bonds is 1. The average molecular weight is 197 g/mol. The van der Waals surface area contributed by atoms with Crippen LogP contribution in [0.25, 0.3) is 0 Å². The fraction of sp³-hybridized carbons (Fsp3) is 0.800. The highest BCUT2D eigenvalue weighted by Gasteiger charge is 2.36. The summed E-state index contributed by atoms with van der Waals surface area (Å²) in [5, 5.41) is 2.16. The molecule has 0 heterocycles. The van der Waals surface area contributed by atoms with Gasteiger partial charge in [-0.25, -0.2) is 0 Å². The molecule has 1 atom stereocenters. The van der Waals surface area contributed by atoms with Gasteiger partial charge >= 0.3 is 0 Å². The molecular formula is C10H15NOS. The molecule has 0 aromatic rings. The Hall–Kier alpha value is -0.530. The van der Waals surface area contributed by atoms with Crippen molar-refractivity contribution in [3.63, 3.8) is 0 Å². The second kappa shape index (κ2) is 4.12. The predicted molar refractivity (Wildman–Crippen MR) is 55.8 cm³/mol. The number of aliphatic imine (C=N–C) groups is 1. The van der Waals surface area contributed by atoms with Gasteiger partial charge in [-0.2, -0.15) is 4.99 Å². The summed E-state index contributed by atoms with van der Waals surface area (Å²) in [5.41, 5.74) is 0.0883. The molecule has 0 spiro atoms. The fourth-order valence-corrected chi connectivity index (χ4v) is 2.16. The number of nitrogens with zero attached hydrogens (tertiary/aromatic N) is 1. The summed E-state index contributed by atoms with van der Waals surface area (Å²) in [7, 11) is 0. The lowest BCUT2D eigenvalue weighted by molar-refractivity contribution is -0.126. The Morgan fingerprint density at radius 2 is 2.23 bits per heavy atom. The highest BCUT2D eigenvalue weighted by atomic mass is 32.1. The van der Waals surface area contributed by atoms with Crippen molar-refractivity contribution in [1.29, 1.82) is 0 Å². The first-order chi connectivity index (χ1) is 6.08. The fourth-order valence-electron chi connectivity index (χ4n) is 2.07. The molecule has 0 aromatic carbocycles. The normalized spacial score (nSPS) is 26.2. The van der Waals surface area contributed by atoms with E-state index in [2.05, 4.69) is 36.2 Å². The summed E-state index contributed by atoms with van der Waals surface area (Å²) < 4.78 is 0. The lowest BCUT2D eigenvalue weighted by Crippen LogP contribution is -2.33. The molecule has 0 N–H and O–H groups in total. The minimum absolute atomic E-state index is 0.0525. The molecule has 1 amide bonds. The van der Waals surface area contributed by atoms with E-state index >= 15 is 0 Å². The highest BCUT2D eigenvalue weighted by Crippen LogP contribution is 2.40. The van der Waals surface area contributed by atoms with Crippen LogP contribution in [0.15, 0.2) is 4.99 Å². The summed E-state index contributed by atoms with van der Waals surface area (Å²) in [6, 6.07) is 0. The minimum Gasteiger partial charge on any atom is -0.272 e. The van der Waals surface area contributed by atoms with Crippen LogP contribution in [0.3, 0.4) is 0 Å². The van der Waals surface area contributed by atoms with Gasteiger partial charge in [-0.05, 0) is 30.5 Å². The Balaban J connectivity index is 2.76. The van der Waals surface area contributed by atoms with Gasteiger partial charge in [0.25, 0.3) is 5.91 Å². The number of carbonyl (C=O) groups is 1. The zero-order chi connectivity index (χ0) is 9.90. The SMILES string of the molecule is CC1(C)CCCCC1C(=O)N=C=S. The summed E-state index contributed by atoms with van der Waals surface area (Å²) in [6.45, 7) is 4.27. The van der Waals surface area contributed by atoms with Crippen molar-refractivity contribution in [3.8, 4) is 0 Å². The summed E-state index contributed by atoms with van der Waals surface area (Å²) in [6.07, 6.45) is 4.41. The maximum Gasteiger partial charge on any atom is 0.258 e. The van der Waals surface area contributed by atoms with Crippen molar-refractivity contribution in [2.75, 3.05) is 0 Å². The third kappa shape index (κ3) is 2.45. The Labute approximate surface area is 84.4 Å². The molecule has 3 heteroatoms. The molecule has 1 aliphatic rings. The Morgan fingerprint density at radius 1 is 1.54 bits per heavy atom. The first kappa shape index (κ1) is 10.6. The van der Waals surface area contributed by atoms with E-state index in [-0.39, 0.29) is 17.2 Å². The van der Waals surface area contributed by atoms with Gasteiger partial charge in [0.2, 0.25) is 0 Å². The molecular weight excluding hydrogens is 182 g/mol. The van der Waals surface area contributed by atoms with Gasteiger partial charge in [0.15, 0.2) is 0 Å². The third-order valence-corrected chi connectivity index (χ3v) is 3.05. The van der Waals surface area contributed by atoms with Crippen LogP contribution in [-0.2, 0) is 4.79 Å². The number of hydrogen-bond acceptors (Lipinski definition) is 2. The molecule has 1 saturated carbocycles. The van der Waals surface area contributed by atoms with Crippen molar-refractivity contribution in [2.24, 2.45) is 16.3 Å². The van der Waals surface area contributed by atoms with Crippen molar-refractivity contribution in [1.82, 2.24) is 0 Å². The van der Waals surface area contributed by atoms with E-state index < -0.39 is 0 Å². The lowest BCUT2D eigenvalue weighted by atomic mass is 9.68. The zero-order valence-corrected chi connectivity index (χ0v) is 8.99. The monoisotopic (exact) mass is 197 g/mol. The first-order valence-electron chi connectivity index (χ1n) is 4.69. The maximum atomic E-state index is 11.5. The third-order valence-electron chi connectivity index (χ3n) is 2.96. The molecule has 2 nitrogen and oxygen atoms in total. The average Bonchev–Trinajstić information content (AvgIpc) is 2.03. The van der Waals surface area contributed by atoms with Crippen LogP contribution in [0.1, 0.15) is 39.5 Å². The molecule has 13 heavy (non-hydrogen) atoms. The van der Waals surface area contributed by atoms with Crippen LogP contribution in [0.5, 0.6) is 0 Å². The van der Waals surface area contributed by atoms with Gasteiger partial charge in [0.05, 0.1) is 5.16 Å². The molecule has 1 aliphatic carbocycles. The molecule has 0 aromatic heterocycles.